The summed E-state index contributed by atoms with van der Waals surface area (Å²) in [6.07, 6.45) is 2.84. The lowest BCUT2D eigenvalue weighted by molar-refractivity contribution is 0.0739. The maximum absolute atomic E-state index is 12.7. The number of likely N-dealkylation sites (tertiary alicyclic amines) is 1. The Morgan fingerprint density at radius 1 is 1.40 bits per heavy atom. The zero-order chi connectivity index (χ0) is 13.9. The van der Waals surface area contributed by atoms with Crippen molar-refractivity contribution >= 4 is 17.4 Å². The summed E-state index contributed by atoms with van der Waals surface area (Å²) in [6, 6.07) is 10.5. The van der Waals surface area contributed by atoms with Crippen LogP contribution in [-0.4, -0.2) is 26.9 Å². The van der Waals surface area contributed by atoms with E-state index >= 15 is 0 Å². The summed E-state index contributed by atoms with van der Waals surface area (Å²) in [5, 5.41) is 4.05. The number of hydrogen-bond donors (Lipinski definition) is 0. The fraction of sp³-hybridized carbons (Fsp3) is 0.400. The molecule has 1 atom stereocenters. The van der Waals surface area contributed by atoms with Crippen molar-refractivity contribution in [3.8, 4) is 0 Å². The Labute approximate surface area is 122 Å². The third-order valence-electron chi connectivity index (χ3n) is 3.78. The van der Waals surface area contributed by atoms with Gasteiger partial charge in [0.2, 0.25) is 0 Å². The van der Waals surface area contributed by atoms with Gasteiger partial charge in [0.05, 0.1) is 11.7 Å². The molecule has 1 amide bonds. The van der Waals surface area contributed by atoms with Crippen molar-refractivity contribution in [1.29, 1.82) is 0 Å². The predicted molar refractivity (Wildman–Crippen MR) is 78.7 cm³/mol. The molecule has 2 heterocycles. The molecule has 1 aromatic heterocycles. The van der Waals surface area contributed by atoms with Crippen LogP contribution in [0.2, 0.25) is 0 Å². The van der Waals surface area contributed by atoms with Crippen molar-refractivity contribution < 1.29 is 4.79 Å². The summed E-state index contributed by atoms with van der Waals surface area (Å²) < 4.78 is 3.93. The Hall–Kier alpha value is -1.75. The second-order valence-corrected chi connectivity index (χ2v) is 5.72. The van der Waals surface area contributed by atoms with Gasteiger partial charge in [-0.15, -0.1) is 5.10 Å². The Morgan fingerprint density at radius 3 is 2.95 bits per heavy atom. The second kappa shape index (κ2) is 5.71. The molecule has 0 bridgehead atoms. The quantitative estimate of drug-likeness (QED) is 0.871. The standard InChI is InChI=1S/C15H17N3OS/c1-2-12-14(20-17-16-12)15(19)18-10-6-9-13(18)11-7-4-3-5-8-11/h3-5,7-8,13H,2,6,9-10H2,1H3. The van der Waals surface area contributed by atoms with E-state index in [0.717, 1.165) is 31.5 Å². The summed E-state index contributed by atoms with van der Waals surface area (Å²) in [6.45, 7) is 2.83. The smallest absolute Gasteiger partial charge is 0.268 e. The molecule has 5 heteroatoms. The van der Waals surface area contributed by atoms with Gasteiger partial charge in [-0.2, -0.15) is 0 Å². The third-order valence-corrected chi connectivity index (χ3v) is 4.54. The molecule has 0 spiro atoms. The summed E-state index contributed by atoms with van der Waals surface area (Å²) in [4.78, 5) is 15.4. The van der Waals surface area contributed by atoms with Crippen LogP contribution in [0.3, 0.4) is 0 Å². The summed E-state index contributed by atoms with van der Waals surface area (Å²) in [5.41, 5.74) is 2.03. The number of carbonyl (C=O) groups excluding carboxylic acids is 1. The zero-order valence-electron chi connectivity index (χ0n) is 11.5. The second-order valence-electron chi connectivity index (χ2n) is 4.97. The van der Waals surface area contributed by atoms with Crippen LogP contribution in [0.25, 0.3) is 0 Å². The van der Waals surface area contributed by atoms with E-state index in [0.29, 0.717) is 4.88 Å². The summed E-state index contributed by atoms with van der Waals surface area (Å²) in [5.74, 6) is 0.0863. The average Bonchev–Trinajstić information content (AvgIpc) is 3.16. The maximum Gasteiger partial charge on any atom is 0.268 e. The van der Waals surface area contributed by atoms with E-state index in [1.807, 2.05) is 30.0 Å². The van der Waals surface area contributed by atoms with Crippen LogP contribution in [0.1, 0.15) is 46.7 Å². The van der Waals surface area contributed by atoms with Crippen molar-refractivity contribution in [2.45, 2.75) is 32.2 Å². The lowest BCUT2D eigenvalue weighted by Crippen LogP contribution is -2.30. The fourth-order valence-electron chi connectivity index (χ4n) is 2.76. The maximum atomic E-state index is 12.7. The molecule has 1 aliphatic heterocycles. The molecule has 0 radical (unpaired) electrons. The van der Waals surface area contributed by atoms with Crippen molar-refractivity contribution in [3.63, 3.8) is 0 Å². The van der Waals surface area contributed by atoms with Gasteiger partial charge in [-0.1, -0.05) is 41.7 Å². The van der Waals surface area contributed by atoms with E-state index in [1.54, 1.807) is 0 Å². The lowest BCUT2D eigenvalue weighted by atomic mass is 10.0. The highest BCUT2D eigenvalue weighted by Gasteiger charge is 2.32. The van der Waals surface area contributed by atoms with E-state index in [4.69, 9.17) is 0 Å². The minimum Gasteiger partial charge on any atom is -0.331 e. The van der Waals surface area contributed by atoms with Crippen LogP contribution in [0, 0.1) is 0 Å². The van der Waals surface area contributed by atoms with Gasteiger partial charge in [-0.25, -0.2) is 0 Å². The van der Waals surface area contributed by atoms with E-state index < -0.39 is 0 Å². The average molecular weight is 287 g/mol. The molecular formula is C15H17N3OS. The molecule has 0 N–H and O–H groups in total. The number of hydrogen-bond acceptors (Lipinski definition) is 4. The third kappa shape index (κ3) is 2.33. The van der Waals surface area contributed by atoms with Crippen molar-refractivity contribution in [2.75, 3.05) is 6.54 Å². The van der Waals surface area contributed by atoms with Gasteiger partial charge in [-0.3, -0.25) is 4.79 Å². The molecule has 1 fully saturated rings. The Bertz CT molecular complexity index is 596. The largest absolute Gasteiger partial charge is 0.331 e. The molecule has 1 aliphatic rings. The number of nitrogens with zero attached hydrogens (tertiary/aromatic N) is 3. The topological polar surface area (TPSA) is 46.1 Å². The monoisotopic (exact) mass is 287 g/mol. The molecule has 1 aromatic carbocycles. The Morgan fingerprint density at radius 2 is 2.20 bits per heavy atom. The number of amides is 1. The fourth-order valence-corrected chi connectivity index (χ4v) is 3.47. The SMILES string of the molecule is CCc1nnsc1C(=O)N1CCCC1c1ccccc1. The first-order valence-electron chi connectivity index (χ1n) is 6.98. The Balaban J connectivity index is 1.87. The first-order chi connectivity index (χ1) is 9.81. The number of benzene rings is 1. The first kappa shape index (κ1) is 13.2. The molecule has 104 valence electrons. The Kier molecular flexibility index (Phi) is 3.78. The van der Waals surface area contributed by atoms with Crippen LogP contribution in [0.5, 0.6) is 0 Å². The number of carbonyl (C=O) groups is 1. The van der Waals surface area contributed by atoms with Gasteiger partial charge in [0.25, 0.3) is 5.91 Å². The molecule has 1 saturated heterocycles. The van der Waals surface area contributed by atoms with E-state index in [1.165, 1.54) is 17.1 Å². The van der Waals surface area contributed by atoms with Gasteiger partial charge in [0.15, 0.2) is 0 Å². The first-order valence-corrected chi connectivity index (χ1v) is 7.75. The van der Waals surface area contributed by atoms with Crippen molar-refractivity contribution in [1.82, 2.24) is 14.5 Å². The van der Waals surface area contributed by atoms with Crippen LogP contribution in [-0.2, 0) is 6.42 Å². The molecule has 20 heavy (non-hydrogen) atoms. The number of rotatable bonds is 3. The molecule has 0 saturated carbocycles. The zero-order valence-corrected chi connectivity index (χ0v) is 12.3. The van der Waals surface area contributed by atoms with Crippen LogP contribution >= 0.6 is 11.5 Å². The van der Waals surface area contributed by atoms with Gasteiger partial charge in [0.1, 0.15) is 4.88 Å². The van der Waals surface area contributed by atoms with E-state index in [9.17, 15) is 4.79 Å². The van der Waals surface area contributed by atoms with Crippen LogP contribution in [0.15, 0.2) is 30.3 Å². The van der Waals surface area contributed by atoms with Gasteiger partial charge in [0, 0.05) is 6.54 Å². The van der Waals surface area contributed by atoms with E-state index in [2.05, 4.69) is 21.7 Å². The summed E-state index contributed by atoms with van der Waals surface area (Å²) >= 11 is 1.21. The number of aromatic nitrogens is 2. The molecule has 0 aliphatic carbocycles. The highest BCUT2D eigenvalue weighted by atomic mass is 32.1. The van der Waals surface area contributed by atoms with Crippen molar-refractivity contribution in [2.24, 2.45) is 0 Å². The molecule has 4 nitrogen and oxygen atoms in total. The van der Waals surface area contributed by atoms with E-state index in [-0.39, 0.29) is 11.9 Å². The highest BCUT2D eigenvalue weighted by Crippen LogP contribution is 2.33. The summed E-state index contributed by atoms with van der Waals surface area (Å²) in [7, 11) is 0. The molecule has 2 aromatic rings. The van der Waals surface area contributed by atoms with Crippen molar-refractivity contribution in [3.05, 3.63) is 46.5 Å². The minimum absolute atomic E-state index is 0.0863. The highest BCUT2D eigenvalue weighted by molar-refractivity contribution is 7.08. The van der Waals surface area contributed by atoms with Gasteiger partial charge < -0.3 is 4.90 Å². The van der Waals surface area contributed by atoms with Crippen LogP contribution < -0.4 is 0 Å². The normalized spacial score (nSPS) is 18.4. The van der Waals surface area contributed by atoms with Gasteiger partial charge in [-0.05, 0) is 36.4 Å². The molecule has 1 unspecified atom stereocenters. The molecular weight excluding hydrogens is 270 g/mol. The lowest BCUT2D eigenvalue weighted by Gasteiger charge is -2.24. The molecule has 3 rings (SSSR count). The van der Waals surface area contributed by atoms with Crippen LogP contribution in [0.4, 0.5) is 0 Å². The number of aryl methyl sites for hydroxylation is 1. The minimum atomic E-state index is 0.0863. The van der Waals surface area contributed by atoms with Gasteiger partial charge >= 0.3 is 0 Å². The predicted octanol–water partition coefficient (Wildman–Crippen LogP) is 3.08.